The van der Waals surface area contributed by atoms with Gasteiger partial charge < -0.3 is 15.8 Å². The van der Waals surface area contributed by atoms with Gasteiger partial charge in [0.25, 0.3) is 0 Å². The summed E-state index contributed by atoms with van der Waals surface area (Å²) in [4.78, 5) is 6.60. The Labute approximate surface area is 213 Å². The summed E-state index contributed by atoms with van der Waals surface area (Å²) in [6.07, 6.45) is 4.32. The monoisotopic (exact) mass is 505 g/mol. The number of benzene rings is 2. The lowest BCUT2D eigenvalue weighted by molar-refractivity contribution is -0.534. The van der Waals surface area contributed by atoms with Gasteiger partial charge in [-0.2, -0.15) is 0 Å². The molecule has 10 heteroatoms. The Kier molecular flexibility index (Phi) is 7.22. The molecule has 5 rings (SSSR count). The maximum absolute atomic E-state index is 4.31. The van der Waals surface area contributed by atoms with Crippen LogP contribution in [0.5, 0.6) is 0 Å². The smallest absolute Gasteiger partial charge is 0.229 e. The summed E-state index contributed by atoms with van der Waals surface area (Å²) in [5.74, 6) is 0. The van der Waals surface area contributed by atoms with Crippen LogP contribution in [0, 0.1) is 13.8 Å². The first-order valence-electron chi connectivity index (χ1n) is 11.6. The number of azo groups is 1. The number of thiazole rings is 1. The normalized spacial score (nSPS) is 13.5. The quantitative estimate of drug-likeness (QED) is 0.118. The third-order valence-corrected chi connectivity index (χ3v) is 7.59. The lowest BCUT2D eigenvalue weighted by atomic mass is 10.2. The molecule has 1 aliphatic rings. The first-order valence-corrected chi connectivity index (χ1v) is 13.3. The minimum Gasteiger partial charge on any atom is -0.363 e. The fourth-order valence-electron chi connectivity index (χ4n) is 3.92. The van der Waals surface area contributed by atoms with Crippen molar-refractivity contribution in [3.63, 3.8) is 0 Å². The Hall–Kier alpha value is -3.47. The van der Waals surface area contributed by atoms with Crippen molar-refractivity contribution in [2.75, 3.05) is 34.3 Å². The van der Waals surface area contributed by atoms with Crippen molar-refractivity contribution in [2.24, 2.45) is 10.2 Å². The molecule has 2 aromatic carbocycles. The SMILES string of the molecule is Cc1cc(NNc2ccc(N[NH2+]c3ccc(N4CCCC4)s3)cc2C)ccc1N=Nc1nccs1. The molecule has 0 amide bonds. The van der Waals surface area contributed by atoms with E-state index < -0.39 is 0 Å². The van der Waals surface area contributed by atoms with Crippen LogP contribution in [0.15, 0.2) is 70.3 Å². The number of hydrogen-bond acceptors (Lipinski definition) is 9. The molecule has 3 heterocycles. The maximum Gasteiger partial charge on any atom is 0.229 e. The summed E-state index contributed by atoms with van der Waals surface area (Å²) in [7, 11) is 0. The zero-order valence-electron chi connectivity index (χ0n) is 19.8. The van der Waals surface area contributed by atoms with Crippen molar-refractivity contribution in [1.29, 1.82) is 0 Å². The number of aromatic nitrogens is 1. The predicted molar refractivity (Wildman–Crippen MR) is 147 cm³/mol. The molecule has 35 heavy (non-hydrogen) atoms. The number of quaternary nitrogens is 1. The molecule has 0 saturated carbocycles. The first-order chi connectivity index (χ1) is 17.1. The van der Waals surface area contributed by atoms with E-state index in [1.165, 1.54) is 47.3 Å². The van der Waals surface area contributed by atoms with Crippen molar-refractivity contribution < 1.29 is 5.43 Å². The molecular weight excluding hydrogens is 476 g/mol. The highest BCUT2D eigenvalue weighted by Crippen LogP contribution is 2.30. The number of rotatable bonds is 9. The number of nitrogens with two attached hydrogens (primary N) is 1. The van der Waals surface area contributed by atoms with Crippen LogP contribution in [0.4, 0.5) is 37.9 Å². The molecule has 1 aliphatic heterocycles. The van der Waals surface area contributed by atoms with E-state index in [2.05, 4.69) is 79.1 Å². The second-order valence-electron chi connectivity index (χ2n) is 8.45. The van der Waals surface area contributed by atoms with Crippen LogP contribution in [-0.2, 0) is 0 Å². The highest BCUT2D eigenvalue weighted by atomic mass is 32.1. The average molecular weight is 506 g/mol. The maximum atomic E-state index is 4.31. The molecule has 2 aromatic heterocycles. The average Bonchev–Trinajstić information content (AvgIpc) is 3.64. The van der Waals surface area contributed by atoms with Gasteiger partial charge in [0.1, 0.15) is 0 Å². The standard InChI is InChI=1S/C25H28N8S2/c1-17-16-20(28-31-23-9-10-24(35-23)33-12-3-4-13-33)6-7-21(17)29-27-19-5-8-22(18(2)15-19)30-32-25-26-11-14-34-25/h5-11,14-16,27-29,31H,3-4,12-13H2,1-2H3/p+1. The van der Waals surface area contributed by atoms with Gasteiger partial charge >= 0.3 is 0 Å². The van der Waals surface area contributed by atoms with Crippen molar-refractivity contribution in [1.82, 2.24) is 4.98 Å². The lowest BCUT2D eigenvalue weighted by Gasteiger charge is -2.14. The second-order valence-corrected chi connectivity index (χ2v) is 10.4. The number of hydrazine groups is 1. The van der Waals surface area contributed by atoms with Crippen LogP contribution < -0.4 is 26.6 Å². The van der Waals surface area contributed by atoms with Crippen LogP contribution in [0.25, 0.3) is 0 Å². The van der Waals surface area contributed by atoms with E-state index in [9.17, 15) is 0 Å². The molecule has 0 unspecified atom stereocenters. The van der Waals surface area contributed by atoms with E-state index in [1.807, 2.05) is 41.8 Å². The van der Waals surface area contributed by atoms with E-state index in [0.29, 0.717) is 5.13 Å². The number of nitrogens with zero attached hydrogens (tertiary/aromatic N) is 4. The van der Waals surface area contributed by atoms with E-state index in [4.69, 9.17) is 0 Å². The van der Waals surface area contributed by atoms with Crippen LogP contribution in [0.3, 0.4) is 0 Å². The lowest BCUT2D eigenvalue weighted by Crippen LogP contribution is -2.82. The van der Waals surface area contributed by atoms with Gasteiger partial charge in [0.2, 0.25) is 10.1 Å². The number of hydrogen-bond donors (Lipinski definition) is 4. The molecule has 0 aliphatic carbocycles. The highest BCUT2D eigenvalue weighted by Gasteiger charge is 2.15. The zero-order chi connectivity index (χ0) is 24.0. The van der Waals surface area contributed by atoms with Crippen LogP contribution in [0.1, 0.15) is 24.0 Å². The molecule has 0 bridgehead atoms. The number of nitrogens with one attached hydrogen (secondary N) is 3. The van der Waals surface area contributed by atoms with Crippen molar-refractivity contribution in [3.05, 3.63) is 71.2 Å². The molecule has 1 fully saturated rings. The summed E-state index contributed by atoms with van der Waals surface area (Å²) in [6, 6.07) is 16.7. The molecular formula is C25H29N8S2+. The van der Waals surface area contributed by atoms with Gasteiger partial charge in [-0.1, -0.05) is 11.3 Å². The summed E-state index contributed by atoms with van der Waals surface area (Å²) < 4.78 is 0. The van der Waals surface area contributed by atoms with Crippen molar-refractivity contribution in [2.45, 2.75) is 26.7 Å². The Morgan fingerprint density at radius 3 is 2.51 bits per heavy atom. The van der Waals surface area contributed by atoms with E-state index in [1.54, 1.807) is 6.20 Å². The van der Waals surface area contributed by atoms with Gasteiger partial charge in [-0.15, -0.1) is 21.6 Å². The molecule has 5 N–H and O–H groups in total. The summed E-state index contributed by atoms with van der Waals surface area (Å²) in [6.45, 7) is 6.47. The predicted octanol–water partition coefficient (Wildman–Crippen LogP) is 6.50. The molecule has 0 atom stereocenters. The Morgan fingerprint density at radius 2 is 1.74 bits per heavy atom. The minimum atomic E-state index is 0.654. The fourth-order valence-corrected chi connectivity index (χ4v) is 5.32. The number of nitrogen functional groups attached to an aromatic ring is 1. The van der Waals surface area contributed by atoms with Gasteiger partial charge in [-0.05, 0) is 80.3 Å². The van der Waals surface area contributed by atoms with E-state index >= 15 is 0 Å². The number of thiophene rings is 1. The topological polar surface area (TPSA) is 93.5 Å². The first kappa shape index (κ1) is 23.3. The third-order valence-electron chi connectivity index (χ3n) is 5.84. The molecule has 8 nitrogen and oxygen atoms in total. The van der Waals surface area contributed by atoms with Gasteiger partial charge in [0, 0.05) is 30.7 Å². The fraction of sp³-hybridized carbons (Fsp3) is 0.240. The molecule has 0 radical (unpaired) electrons. The Bertz CT molecular complexity index is 1290. The van der Waals surface area contributed by atoms with Crippen LogP contribution in [0.2, 0.25) is 0 Å². The summed E-state index contributed by atoms with van der Waals surface area (Å²) in [5, 5.41) is 13.6. The van der Waals surface area contributed by atoms with E-state index in [0.717, 1.165) is 33.9 Å². The van der Waals surface area contributed by atoms with Gasteiger partial charge in [-0.3, -0.25) is 0 Å². The summed E-state index contributed by atoms with van der Waals surface area (Å²) in [5.41, 5.74) is 18.2. The van der Waals surface area contributed by atoms with Gasteiger partial charge in [-0.25, -0.2) is 15.8 Å². The molecule has 1 saturated heterocycles. The molecule has 0 spiro atoms. The Morgan fingerprint density at radius 1 is 0.914 bits per heavy atom. The highest BCUT2D eigenvalue weighted by molar-refractivity contribution is 7.19. The zero-order valence-corrected chi connectivity index (χ0v) is 21.4. The number of anilines is 4. The number of aryl methyl sites for hydroxylation is 2. The third kappa shape index (κ3) is 5.97. The molecule has 4 aromatic rings. The molecule has 180 valence electrons. The summed E-state index contributed by atoms with van der Waals surface area (Å²) >= 11 is 3.30. The van der Waals surface area contributed by atoms with Crippen molar-refractivity contribution >= 4 is 60.6 Å². The van der Waals surface area contributed by atoms with Crippen LogP contribution >= 0.6 is 22.7 Å². The van der Waals surface area contributed by atoms with Gasteiger partial charge in [0.15, 0.2) is 0 Å². The van der Waals surface area contributed by atoms with E-state index in [-0.39, 0.29) is 0 Å². The Balaban J connectivity index is 1.14. The second kappa shape index (κ2) is 10.9. The van der Waals surface area contributed by atoms with Gasteiger partial charge in [0.05, 0.1) is 27.8 Å². The van der Waals surface area contributed by atoms with Crippen LogP contribution in [-0.4, -0.2) is 18.1 Å². The minimum absolute atomic E-state index is 0.654. The van der Waals surface area contributed by atoms with Crippen molar-refractivity contribution in [3.8, 4) is 0 Å². The largest absolute Gasteiger partial charge is 0.363 e.